The SMILES string of the molecule is COc1ccc(NC(=O)C2CCCN(S(=O)(=O)c3ccc(Br)cc3)C2)c(Cl)c1. The standard InChI is InChI=1S/C19H20BrClN2O4S/c1-27-15-6-9-18(17(21)11-15)22-19(24)13-3-2-10-23(12-13)28(25,26)16-7-4-14(20)5-8-16/h4-9,11,13H,2-3,10,12H2,1H3,(H,22,24). The molecule has 1 saturated heterocycles. The molecular weight excluding hydrogens is 468 g/mol. The molecule has 2 aromatic rings. The highest BCUT2D eigenvalue weighted by atomic mass is 79.9. The van der Waals surface area contributed by atoms with Gasteiger partial charge in [-0.3, -0.25) is 4.79 Å². The van der Waals surface area contributed by atoms with Crippen LogP contribution < -0.4 is 10.1 Å². The molecule has 1 aliphatic heterocycles. The maximum atomic E-state index is 12.9. The number of anilines is 1. The highest BCUT2D eigenvalue weighted by Gasteiger charge is 2.33. The number of sulfonamides is 1. The first-order valence-corrected chi connectivity index (χ1v) is 11.3. The van der Waals surface area contributed by atoms with Crippen molar-refractivity contribution in [3.8, 4) is 5.75 Å². The molecule has 0 aromatic heterocycles. The van der Waals surface area contributed by atoms with Crippen LogP contribution in [0.2, 0.25) is 5.02 Å². The zero-order chi connectivity index (χ0) is 20.3. The van der Waals surface area contributed by atoms with Crippen molar-refractivity contribution in [2.45, 2.75) is 17.7 Å². The summed E-state index contributed by atoms with van der Waals surface area (Å²) in [5.41, 5.74) is 0.473. The van der Waals surface area contributed by atoms with E-state index in [2.05, 4.69) is 21.2 Å². The third-order valence-corrected chi connectivity index (χ3v) is 7.36. The molecule has 1 N–H and O–H groups in total. The van der Waals surface area contributed by atoms with Crippen LogP contribution in [0.4, 0.5) is 5.69 Å². The van der Waals surface area contributed by atoms with Gasteiger partial charge < -0.3 is 10.1 Å². The topological polar surface area (TPSA) is 75.7 Å². The Morgan fingerprint density at radius 1 is 1.25 bits per heavy atom. The normalized spacial score (nSPS) is 17.9. The zero-order valence-corrected chi connectivity index (χ0v) is 18.4. The number of methoxy groups -OCH3 is 1. The fraction of sp³-hybridized carbons (Fsp3) is 0.316. The van der Waals surface area contributed by atoms with Gasteiger partial charge in [-0.2, -0.15) is 4.31 Å². The molecular formula is C19H20BrClN2O4S. The molecule has 28 heavy (non-hydrogen) atoms. The summed E-state index contributed by atoms with van der Waals surface area (Å²) in [4.78, 5) is 12.9. The molecule has 6 nitrogen and oxygen atoms in total. The number of amides is 1. The molecule has 1 fully saturated rings. The molecule has 1 aliphatic rings. The molecule has 1 atom stereocenters. The van der Waals surface area contributed by atoms with Crippen molar-refractivity contribution in [1.82, 2.24) is 4.31 Å². The molecule has 0 aliphatic carbocycles. The maximum Gasteiger partial charge on any atom is 0.243 e. The van der Waals surface area contributed by atoms with Crippen molar-refractivity contribution in [1.29, 1.82) is 0 Å². The van der Waals surface area contributed by atoms with Gasteiger partial charge in [0.05, 0.1) is 28.6 Å². The van der Waals surface area contributed by atoms with Gasteiger partial charge in [0.25, 0.3) is 0 Å². The number of hydrogen-bond acceptors (Lipinski definition) is 4. The minimum atomic E-state index is -3.65. The Morgan fingerprint density at radius 2 is 1.96 bits per heavy atom. The molecule has 150 valence electrons. The number of rotatable bonds is 5. The first-order valence-electron chi connectivity index (χ1n) is 8.71. The monoisotopic (exact) mass is 486 g/mol. The number of nitrogens with zero attached hydrogens (tertiary/aromatic N) is 1. The average Bonchev–Trinajstić information content (AvgIpc) is 2.70. The van der Waals surface area contributed by atoms with Crippen LogP contribution in [-0.4, -0.2) is 38.8 Å². The first-order chi connectivity index (χ1) is 13.3. The van der Waals surface area contributed by atoms with Gasteiger partial charge in [0.2, 0.25) is 15.9 Å². The van der Waals surface area contributed by atoms with Crippen molar-refractivity contribution >= 4 is 49.1 Å². The van der Waals surface area contributed by atoms with E-state index in [0.29, 0.717) is 35.8 Å². The van der Waals surface area contributed by atoms with E-state index in [4.69, 9.17) is 16.3 Å². The second-order valence-electron chi connectivity index (χ2n) is 6.49. The van der Waals surface area contributed by atoms with Crippen LogP contribution in [0.25, 0.3) is 0 Å². The number of carbonyl (C=O) groups excluding carboxylic acids is 1. The summed E-state index contributed by atoms with van der Waals surface area (Å²) in [5.74, 6) is -0.104. The fourth-order valence-corrected chi connectivity index (χ4v) is 5.10. The number of nitrogens with one attached hydrogen (secondary N) is 1. The second kappa shape index (κ2) is 8.82. The summed E-state index contributed by atoms with van der Waals surface area (Å²) in [6.07, 6.45) is 1.23. The minimum absolute atomic E-state index is 0.137. The molecule has 0 saturated carbocycles. The highest BCUT2D eigenvalue weighted by molar-refractivity contribution is 9.10. The van der Waals surface area contributed by atoms with Gasteiger partial charge in [-0.15, -0.1) is 0 Å². The van der Waals surface area contributed by atoms with E-state index in [1.165, 1.54) is 11.4 Å². The highest BCUT2D eigenvalue weighted by Crippen LogP contribution is 2.29. The van der Waals surface area contributed by atoms with Crippen LogP contribution in [0, 0.1) is 5.92 Å². The van der Waals surface area contributed by atoms with Crippen LogP contribution >= 0.6 is 27.5 Å². The third kappa shape index (κ3) is 4.68. The number of hydrogen-bond donors (Lipinski definition) is 1. The molecule has 0 radical (unpaired) electrons. The van der Waals surface area contributed by atoms with Crippen molar-refractivity contribution in [3.05, 3.63) is 52.0 Å². The van der Waals surface area contributed by atoms with Gasteiger partial charge in [-0.05, 0) is 49.2 Å². The summed E-state index contributed by atoms with van der Waals surface area (Å²) in [5, 5.41) is 3.16. The number of ether oxygens (including phenoxy) is 1. The number of carbonyl (C=O) groups is 1. The first kappa shape index (κ1) is 21.1. The predicted octanol–water partition coefficient (Wildman–Crippen LogP) is 4.15. The molecule has 2 aromatic carbocycles. The molecule has 3 rings (SSSR count). The molecule has 0 spiro atoms. The van der Waals surface area contributed by atoms with E-state index in [0.717, 1.165) is 4.47 Å². The van der Waals surface area contributed by atoms with Gasteiger partial charge in [0, 0.05) is 23.6 Å². The molecule has 0 bridgehead atoms. The summed E-state index contributed by atoms with van der Waals surface area (Å²) in [7, 11) is -2.11. The quantitative estimate of drug-likeness (QED) is 0.687. The van der Waals surface area contributed by atoms with Gasteiger partial charge in [0.1, 0.15) is 5.75 Å². The van der Waals surface area contributed by atoms with E-state index in [-0.39, 0.29) is 17.3 Å². The summed E-state index contributed by atoms with van der Waals surface area (Å²) in [6, 6.07) is 11.5. The van der Waals surface area contributed by atoms with Crippen LogP contribution in [0.1, 0.15) is 12.8 Å². The predicted molar refractivity (Wildman–Crippen MR) is 112 cm³/mol. The minimum Gasteiger partial charge on any atom is -0.497 e. The van der Waals surface area contributed by atoms with E-state index in [9.17, 15) is 13.2 Å². The Bertz CT molecular complexity index is 966. The summed E-state index contributed by atoms with van der Waals surface area (Å²) >= 11 is 9.48. The number of halogens is 2. The maximum absolute atomic E-state index is 12.9. The summed E-state index contributed by atoms with van der Waals surface area (Å²) < 4.78 is 33.1. The average molecular weight is 488 g/mol. The van der Waals surface area contributed by atoms with E-state index in [1.807, 2.05) is 0 Å². The Labute approximate surface area is 178 Å². The van der Waals surface area contributed by atoms with Crippen LogP contribution in [0.5, 0.6) is 5.75 Å². The van der Waals surface area contributed by atoms with Gasteiger partial charge in [-0.1, -0.05) is 27.5 Å². The van der Waals surface area contributed by atoms with Crippen molar-refractivity contribution < 1.29 is 17.9 Å². The number of piperidine rings is 1. The molecule has 1 amide bonds. The smallest absolute Gasteiger partial charge is 0.243 e. The van der Waals surface area contributed by atoms with Gasteiger partial charge >= 0.3 is 0 Å². The lowest BCUT2D eigenvalue weighted by Crippen LogP contribution is -2.43. The third-order valence-electron chi connectivity index (χ3n) is 4.64. The lowest BCUT2D eigenvalue weighted by Gasteiger charge is -2.31. The van der Waals surface area contributed by atoms with Gasteiger partial charge in [-0.25, -0.2) is 8.42 Å². The van der Waals surface area contributed by atoms with Crippen molar-refractivity contribution in [2.75, 3.05) is 25.5 Å². The Balaban J connectivity index is 1.72. The van der Waals surface area contributed by atoms with Crippen LogP contribution in [0.3, 0.4) is 0 Å². The van der Waals surface area contributed by atoms with Gasteiger partial charge in [0.15, 0.2) is 0 Å². The molecule has 9 heteroatoms. The molecule has 1 heterocycles. The Morgan fingerprint density at radius 3 is 2.61 bits per heavy atom. The second-order valence-corrected chi connectivity index (χ2v) is 9.75. The van der Waals surface area contributed by atoms with E-state index < -0.39 is 15.9 Å². The van der Waals surface area contributed by atoms with Crippen molar-refractivity contribution in [3.63, 3.8) is 0 Å². The lowest BCUT2D eigenvalue weighted by atomic mass is 9.98. The number of benzene rings is 2. The van der Waals surface area contributed by atoms with E-state index in [1.54, 1.807) is 42.5 Å². The zero-order valence-electron chi connectivity index (χ0n) is 15.2. The molecule has 1 unspecified atom stereocenters. The summed E-state index contributed by atoms with van der Waals surface area (Å²) in [6.45, 7) is 0.531. The van der Waals surface area contributed by atoms with E-state index >= 15 is 0 Å². The van der Waals surface area contributed by atoms with Crippen LogP contribution in [0.15, 0.2) is 51.8 Å². The van der Waals surface area contributed by atoms with Crippen LogP contribution in [-0.2, 0) is 14.8 Å². The fourth-order valence-electron chi connectivity index (χ4n) is 3.09. The van der Waals surface area contributed by atoms with Crippen molar-refractivity contribution in [2.24, 2.45) is 5.92 Å². The lowest BCUT2D eigenvalue weighted by molar-refractivity contribution is -0.120. The largest absolute Gasteiger partial charge is 0.497 e. The Kier molecular flexibility index (Phi) is 6.65. The Hall–Kier alpha value is -1.61.